The van der Waals surface area contributed by atoms with Gasteiger partial charge in [0, 0.05) is 11.0 Å². The summed E-state index contributed by atoms with van der Waals surface area (Å²) in [6, 6.07) is 9.40. The van der Waals surface area contributed by atoms with E-state index in [4.69, 9.17) is 23.2 Å². The number of para-hydroxylation sites is 1. The molecule has 5 nitrogen and oxygen atoms in total. The Kier molecular flexibility index (Phi) is 6.70. The van der Waals surface area contributed by atoms with Gasteiger partial charge in [-0.25, -0.2) is 0 Å². The van der Waals surface area contributed by atoms with Crippen LogP contribution in [0, 0.1) is 0 Å². The number of carbonyl (C=O) groups is 2. The van der Waals surface area contributed by atoms with Gasteiger partial charge in [0.2, 0.25) is 5.91 Å². The monoisotopic (exact) mass is 444 g/mol. The van der Waals surface area contributed by atoms with E-state index in [1.807, 2.05) is 0 Å². The lowest BCUT2D eigenvalue weighted by molar-refractivity contribution is -0.116. The van der Waals surface area contributed by atoms with E-state index in [1.54, 1.807) is 31.2 Å². The van der Waals surface area contributed by atoms with Gasteiger partial charge in [-0.1, -0.05) is 45.2 Å². The van der Waals surface area contributed by atoms with Crippen LogP contribution in [0.4, 0.5) is 5.69 Å². The average molecular weight is 446 g/mol. The Morgan fingerprint density at radius 3 is 2.44 bits per heavy atom. The Hall–Kier alpha value is -1.76. The maximum Gasteiger partial charge on any atom is 0.258 e. The third-order valence-electron chi connectivity index (χ3n) is 3.42. The minimum atomic E-state index is -0.457. The van der Waals surface area contributed by atoms with Gasteiger partial charge in [-0.3, -0.25) is 9.59 Å². The highest BCUT2D eigenvalue weighted by Crippen LogP contribution is 2.29. The zero-order valence-electron chi connectivity index (χ0n) is 13.2. The van der Waals surface area contributed by atoms with Crippen molar-refractivity contribution in [1.82, 2.24) is 4.90 Å². The first kappa shape index (κ1) is 19.6. The number of nitrogens with zero attached hydrogens (tertiary/aromatic N) is 1. The number of phenolic OH excluding ortho intramolecular Hbond substituents is 1. The number of benzene rings is 2. The number of aromatic hydroxyl groups is 1. The van der Waals surface area contributed by atoms with Gasteiger partial charge in [0.1, 0.15) is 12.3 Å². The van der Waals surface area contributed by atoms with Gasteiger partial charge in [-0.05, 0) is 37.3 Å². The average Bonchev–Trinajstić information content (AvgIpc) is 2.57. The van der Waals surface area contributed by atoms with E-state index in [0.717, 1.165) is 0 Å². The Balaban J connectivity index is 2.14. The molecule has 0 aliphatic carbocycles. The van der Waals surface area contributed by atoms with E-state index in [0.29, 0.717) is 20.2 Å². The first-order chi connectivity index (χ1) is 11.8. The summed E-state index contributed by atoms with van der Waals surface area (Å²) >= 11 is 15.3. The molecule has 2 aromatic carbocycles. The number of amides is 2. The molecule has 0 atom stereocenters. The highest BCUT2D eigenvalue weighted by molar-refractivity contribution is 9.10. The third-order valence-corrected chi connectivity index (χ3v) is 4.54. The van der Waals surface area contributed by atoms with Crippen molar-refractivity contribution in [2.45, 2.75) is 6.92 Å². The van der Waals surface area contributed by atoms with Crippen molar-refractivity contribution >= 4 is 56.6 Å². The summed E-state index contributed by atoms with van der Waals surface area (Å²) in [5.74, 6) is -1.05. The molecule has 2 aromatic rings. The standard InChI is InChI=1S/C17H15BrCl2N2O3/c1-2-22(17(25)11-8-10(18)6-7-14(11)23)9-15(24)21-16-12(19)4-3-5-13(16)20/h3-8,23H,2,9H2,1H3,(H,21,24). The molecule has 0 aromatic heterocycles. The number of carbonyl (C=O) groups excluding carboxylic acids is 2. The molecular weight excluding hydrogens is 431 g/mol. The van der Waals surface area contributed by atoms with Gasteiger partial charge >= 0.3 is 0 Å². The maximum absolute atomic E-state index is 12.6. The highest BCUT2D eigenvalue weighted by atomic mass is 79.9. The topological polar surface area (TPSA) is 69.6 Å². The number of halogens is 3. The smallest absolute Gasteiger partial charge is 0.258 e. The number of phenols is 1. The lowest BCUT2D eigenvalue weighted by Crippen LogP contribution is -2.38. The molecule has 2 N–H and O–H groups in total. The minimum Gasteiger partial charge on any atom is -0.507 e. The van der Waals surface area contributed by atoms with Gasteiger partial charge in [0.05, 0.1) is 21.3 Å². The fourth-order valence-corrected chi connectivity index (χ4v) is 3.00. The molecule has 0 unspecified atom stereocenters. The molecule has 2 rings (SSSR count). The van der Waals surface area contributed by atoms with Crippen LogP contribution in [-0.2, 0) is 4.79 Å². The number of anilines is 1. The van der Waals surface area contributed by atoms with E-state index in [2.05, 4.69) is 21.2 Å². The summed E-state index contributed by atoms with van der Waals surface area (Å²) in [6.45, 7) is 1.82. The van der Waals surface area contributed by atoms with Crippen LogP contribution in [0.5, 0.6) is 5.75 Å². The van der Waals surface area contributed by atoms with E-state index in [1.165, 1.54) is 17.0 Å². The molecule has 132 valence electrons. The zero-order chi connectivity index (χ0) is 18.6. The van der Waals surface area contributed by atoms with E-state index in [-0.39, 0.29) is 24.4 Å². The highest BCUT2D eigenvalue weighted by Gasteiger charge is 2.21. The van der Waals surface area contributed by atoms with Crippen molar-refractivity contribution in [2.24, 2.45) is 0 Å². The number of likely N-dealkylation sites (N-methyl/N-ethyl adjacent to an activating group) is 1. The fraction of sp³-hybridized carbons (Fsp3) is 0.176. The van der Waals surface area contributed by atoms with Gasteiger partial charge in [-0.2, -0.15) is 0 Å². The Morgan fingerprint density at radius 2 is 1.84 bits per heavy atom. The largest absolute Gasteiger partial charge is 0.507 e. The van der Waals surface area contributed by atoms with Crippen LogP contribution in [-0.4, -0.2) is 34.9 Å². The van der Waals surface area contributed by atoms with Crippen LogP contribution < -0.4 is 5.32 Å². The van der Waals surface area contributed by atoms with Crippen LogP contribution in [0.3, 0.4) is 0 Å². The van der Waals surface area contributed by atoms with Gasteiger partial charge in [0.15, 0.2) is 0 Å². The van der Waals surface area contributed by atoms with Crippen molar-refractivity contribution in [3.63, 3.8) is 0 Å². The third kappa shape index (κ3) is 4.87. The molecule has 0 bridgehead atoms. The van der Waals surface area contributed by atoms with Crippen molar-refractivity contribution in [2.75, 3.05) is 18.4 Å². The second-order valence-corrected chi connectivity index (χ2v) is 6.86. The van der Waals surface area contributed by atoms with E-state index < -0.39 is 11.8 Å². The molecule has 0 saturated heterocycles. The predicted octanol–water partition coefficient (Wildman–Crippen LogP) is 4.56. The molecule has 0 aliphatic rings. The van der Waals surface area contributed by atoms with Gasteiger partial charge < -0.3 is 15.3 Å². The second-order valence-electron chi connectivity index (χ2n) is 5.13. The van der Waals surface area contributed by atoms with Crippen LogP contribution in [0.25, 0.3) is 0 Å². The van der Waals surface area contributed by atoms with Gasteiger partial charge in [0.25, 0.3) is 5.91 Å². The molecule has 0 heterocycles. The van der Waals surface area contributed by atoms with Crippen LogP contribution in [0.15, 0.2) is 40.9 Å². The SMILES string of the molecule is CCN(CC(=O)Nc1c(Cl)cccc1Cl)C(=O)c1cc(Br)ccc1O. The molecule has 8 heteroatoms. The van der Waals surface area contributed by atoms with Crippen LogP contribution >= 0.6 is 39.1 Å². The summed E-state index contributed by atoms with van der Waals surface area (Å²) in [7, 11) is 0. The summed E-state index contributed by atoms with van der Waals surface area (Å²) < 4.78 is 0.650. The lowest BCUT2D eigenvalue weighted by Gasteiger charge is -2.21. The summed E-state index contributed by atoms with van der Waals surface area (Å²) in [5.41, 5.74) is 0.407. The fourth-order valence-electron chi connectivity index (χ4n) is 2.15. The molecule has 0 spiro atoms. The minimum absolute atomic E-state index is 0.111. The van der Waals surface area contributed by atoms with Gasteiger partial charge in [-0.15, -0.1) is 0 Å². The first-order valence-corrected chi connectivity index (χ1v) is 8.90. The molecule has 25 heavy (non-hydrogen) atoms. The number of rotatable bonds is 5. The first-order valence-electron chi connectivity index (χ1n) is 7.35. The summed E-state index contributed by atoms with van der Waals surface area (Å²) in [6.07, 6.45) is 0. The Labute approximate surface area is 163 Å². The van der Waals surface area contributed by atoms with Crippen molar-refractivity contribution in [1.29, 1.82) is 0 Å². The van der Waals surface area contributed by atoms with Crippen molar-refractivity contribution in [3.8, 4) is 5.75 Å². The zero-order valence-corrected chi connectivity index (χ0v) is 16.3. The molecule has 0 aliphatic heterocycles. The summed E-state index contributed by atoms with van der Waals surface area (Å²) in [4.78, 5) is 26.2. The van der Waals surface area contributed by atoms with Crippen molar-refractivity contribution in [3.05, 3.63) is 56.5 Å². The second kappa shape index (κ2) is 8.56. The maximum atomic E-state index is 12.6. The van der Waals surface area contributed by atoms with Crippen LogP contribution in [0.2, 0.25) is 10.0 Å². The van der Waals surface area contributed by atoms with Crippen molar-refractivity contribution < 1.29 is 14.7 Å². The van der Waals surface area contributed by atoms with E-state index in [9.17, 15) is 14.7 Å². The molecule has 2 amide bonds. The Morgan fingerprint density at radius 1 is 1.20 bits per heavy atom. The molecule has 0 fully saturated rings. The number of hydrogen-bond acceptors (Lipinski definition) is 3. The summed E-state index contributed by atoms with van der Waals surface area (Å²) in [5, 5.41) is 13.1. The molecule has 0 saturated carbocycles. The van der Waals surface area contributed by atoms with Crippen LogP contribution in [0.1, 0.15) is 17.3 Å². The number of hydrogen-bond donors (Lipinski definition) is 2. The lowest BCUT2D eigenvalue weighted by atomic mass is 10.1. The normalized spacial score (nSPS) is 10.4. The predicted molar refractivity (Wildman–Crippen MR) is 102 cm³/mol. The van der Waals surface area contributed by atoms with E-state index >= 15 is 0 Å². The molecule has 0 radical (unpaired) electrons. The Bertz CT molecular complexity index is 794. The number of nitrogens with one attached hydrogen (secondary N) is 1. The molecular formula is C17H15BrCl2N2O3. The quantitative estimate of drug-likeness (QED) is 0.708.